The summed E-state index contributed by atoms with van der Waals surface area (Å²) < 4.78 is 49.2. The SMILES string of the molecule is [K+].[O-][Cl+2]([O-])O.[O-][Cl+2]([O-])[O-]. The minimum absolute atomic E-state index is 0. The summed E-state index contributed by atoms with van der Waals surface area (Å²) in [6, 6.07) is 0. The minimum atomic E-state index is -2.85. The van der Waals surface area contributed by atoms with Crippen LogP contribution in [-0.4, -0.2) is 4.66 Å². The zero-order valence-electron chi connectivity index (χ0n) is 4.24. The molecule has 0 aliphatic rings. The molecule has 6 nitrogen and oxygen atoms in total. The van der Waals surface area contributed by atoms with E-state index in [1.165, 1.54) is 0 Å². The first kappa shape index (κ1) is 17.2. The normalized spacial score (nSPS) is 8.00. The Kier molecular flexibility index (Phi) is 24.1. The smallest absolute Gasteiger partial charge is 0.357 e. The van der Waals surface area contributed by atoms with E-state index >= 15 is 0 Å². The molecule has 0 radical (unpaired) electrons. The van der Waals surface area contributed by atoms with E-state index in [9.17, 15) is 0 Å². The Morgan fingerprint density at radius 1 is 0.889 bits per heavy atom. The number of rotatable bonds is 0. The summed E-state index contributed by atoms with van der Waals surface area (Å²) in [7, 11) is -5.45. The van der Waals surface area contributed by atoms with Gasteiger partial charge in [-0.25, -0.2) is 0 Å². The second-order valence-electron chi connectivity index (χ2n) is 0.390. The molecule has 0 unspecified atom stereocenters. The Hall–Kier alpha value is 1.98. The Labute approximate surface area is 99.3 Å². The molecule has 0 aromatic heterocycles. The predicted molar refractivity (Wildman–Crippen MR) is 2.22 cm³/mol. The van der Waals surface area contributed by atoms with Gasteiger partial charge in [0.2, 0.25) is 0 Å². The molecule has 0 spiro atoms. The number of halogens is 2. The van der Waals surface area contributed by atoms with Crippen molar-refractivity contribution in [3.8, 4) is 0 Å². The molecule has 0 heterocycles. The van der Waals surface area contributed by atoms with Crippen molar-refractivity contribution < 1.29 is 101 Å². The summed E-state index contributed by atoms with van der Waals surface area (Å²) in [6.07, 6.45) is 0. The van der Waals surface area contributed by atoms with Crippen LogP contribution < -0.4 is 74.7 Å². The Morgan fingerprint density at radius 2 is 0.889 bits per heavy atom. The summed E-state index contributed by atoms with van der Waals surface area (Å²) in [5.74, 6) is 0. The molecule has 0 fully saturated rings. The van der Waals surface area contributed by atoms with Gasteiger partial charge in [-0.3, -0.25) is 0 Å². The van der Waals surface area contributed by atoms with Crippen LogP contribution in [0.1, 0.15) is 0 Å². The molecule has 9 heteroatoms. The molecule has 0 aromatic carbocycles. The average molecular weight is 207 g/mol. The molecular formula is HCl2KO6. The quantitative estimate of drug-likeness (QED) is 0.391. The second-order valence-corrected chi connectivity index (χ2v) is 1.17. The van der Waals surface area contributed by atoms with Crippen molar-refractivity contribution in [3.05, 3.63) is 0 Å². The molecule has 0 aromatic rings. The average Bonchev–Trinajstić information content (AvgIpc) is 1.25. The first-order valence-electron chi connectivity index (χ1n) is 0.941. The summed E-state index contributed by atoms with van der Waals surface area (Å²) in [6.45, 7) is 0. The van der Waals surface area contributed by atoms with Gasteiger partial charge in [-0.15, -0.1) is 0 Å². The van der Waals surface area contributed by atoms with Gasteiger partial charge in [0.15, 0.2) is 0 Å². The molecule has 0 amide bonds. The zero-order valence-corrected chi connectivity index (χ0v) is 8.88. The standard InChI is InChI=1S/ClHO3.ClO3.K/c2*2-1(3)4;/h2H;;/q;-1;+1. The van der Waals surface area contributed by atoms with Gasteiger partial charge >= 0.3 is 51.4 Å². The van der Waals surface area contributed by atoms with E-state index in [0.717, 1.165) is 0 Å². The van der Waals surface area contributed by atoms with Crippen LogP contribution in [-0.2, 0) is 0 Å². The van der Waals surface area contributed by atoms with Crippen LogP contribution in [0.4, 0.5) is 0 Å². The van der Waals surface area contributed by atoms with E-state index in [1.807, 2.05) is 0 Å². The second kappa shape index (κ2) is 12.6. The molecule has 0 aliphatic carbocycles. The first-order valence-corrected chi connectivity index (χ1v) is 2.82. The van der Waals surface area contributed by atoms with Gasteiger partial charge < -0.3 is 23.3 Å². The monoisotopic (exact) mass is 206 g/mol. The third-order valence-electron chi connectivity index (χ3n) is 0. The first-order chi connectivity index (χ1) is 3.46. The Morgan fingerprint density at radius 3 is 0.889 bits per heavy atom. The molecular weight excluding hydrogens is 206 g/mol. The van der Waals surface area contributed by atoms with E-state index in [0.29, 0.717) is 0 Å². The van der Waals surface area contributed by atoms with Crippen LogP contribution in [0.25, 0.3) is 0 Å². The van der Waals surface area contributed by atoms with Crippen molar-refractivity contribution in [1.82, 2.24) is 0 Å². The fraction of sp³-hybridized carbons (Fsp3) is 0. The van der Waals surface area contributed by atoms with Crippen molar-refractivity contribution >= 4 is 0 Å². The fourth-order valence-electron chi connectivity index (χ4n) is 0. The largest absolute Gasteiger partial charge is 1.00 e. The van der Waals surface area contributed by atoms with Crippen molar-refractivity contribution in [2.45, 2.75) is 0 Å². The zero-order chi connectivity index (χ0) is 7.15. The molecule has 0 atom stereocenters. The van der Waals surface area contributed by atoms with E-state index < -0.39 is 21.6 Å². The Balaban J connectivity index is -0.0000000720. The van der Waals surface area contributed by atoms with Gasteiger partial charge in [-0.1, -0.05) is 0 Å². The van der Waals surface area contributed by atoms with E-state index in [4.69, 9.17) is 28.0 Å². The molecule has 0 saturated carbocycles. The van der Waals surface area contributed by atoms with Gasteiger partial charge in [0, 0.05) is 4.66 Å². The van der Waals surface area contributed by atoms with Crippen LogP contribution >= 0.6 is 0 Å². The predicted octanol–water partition coefficient (Wildman–Crippen LogP) is -9.50. The molecule has 0 rings (SSSR count). The van der Waals surface area contributed by atoms with Gasteiger partial charge in [-0.05, 0) is 0 Å². The van der Waals surface area contributed by atoms with Crippen LogP contribution in [0.15, 0.2) is 0 Å². The van der Waals surface area contributed by atoms with E-state index in [-0.39, 0.29) is 51.4 Å². The maximum Gasteiger partial charge on any atom is 1.00 e. The van der Waals surface area contributed by atoms with Gasteiger partial charge in [0.05, 0.1) is 10.8 Å². The molecule has 1 N–H and O–H groups in total. The number of hydrogen-bond donors (Lipinski definition) is 1. The van der Waals surface area contributed by atoms with E-state index in [2.05, 4.69) is 0 Å². The van der Waals surface area contributed by atoms with Crippen molar-refractivity contribution in [1.29, 1.82) is 0 Å². The topological polar surface area (TPSA) is 136 Å². The number of hydrogen-bond acceptors (Lipinski definition) is 6. The van der Waals surface area contributed by atoms with Gasteiger partial charge in [-0.2, -0.15) is 0 Å². The Bertz CT molecular complexity index is 26.5. The van der Waals surface area contributed by atoms with Crippen LogP contribution in [0.3, 0.4) is 0 Å². The van der Waals surface area contributed by atoms with Crippen LogP contribution in [0, 0.1) is 21.6 Å². The van der Waals surface area contributed by atoms with E-state index in [1.54, 1.807) is 0 Å². The molecule has 52 valence electrons. The molecule has 9 heavy (non-hydrogen) atoms. The van der Waals surface area contributed by atoms with Gasteiger partial charge in [0.1, 0.15) is 0 Å². The molecule has 0 saturated heterocycles. The maximum atomic E-state index is 8.52. The maximum absolute atomic E-state index is 8.52. The third-order valence-corrected chi connectivity index (χ3v) is 0. The summed E-state index contributed by atoms with van der Waals surface area (Å²) in [5, 5.41) is 0. The van der Waals surface area contributed by atoms with Crippen LogP contribution in [0.5, 0.6) is 0 Å². The fourth-order valence-corrected chi connectivity index (χ4v) is 0. The minimum Gasteiger partial charge on any atom is -0.357 e. The van der Waals surface area contributed by atoms with Crippen molar-refractivity contribution in [3.63, 3.8) is 0 Å². The summed E-state index contributed by atoms with van der Waals surface area (Å²) in [5.41, 5.74) is 0. The molecule has 0 bridgehead atoms. The van der Waals surface area contributed by atoms with Crippen molar-refractivity contribution in [2.24, 2.45) is 0 Å². The summed E-state index contributed by atoms with van der Waals surface area (Å²) >= 11 is 0. The van der Waals surface area contributed by atoms with Gasteiger partial charge in [0.25, 0.3) is 10.8 Å². The molecule has 0 aliphatic heterocycles. The summed E-state index contributed by atoms with van der Waals surface area (Å²) in [4.78, 5) is 0. The third kappa shape index (κ3) is 162. The van der Waals surface area contributed by atoms with Crippen molar-refractivity contribution in [2.75, 3.05) is 0 Å². The van der Waals surface area contributed by atoms with Crippen LogP contribution in [0.2, 0.25) is 0 Å².